The van der Waals surface area contributed by atoms with Crippen molar-refractivity contribution in [1.82, 2.24) is 26.6 Å². The van der Waals surface area contributed by atoms with E-state index in [4.69, 9.17) is 5.73 Å². The van der Waals surface area contributed by atoms with Gasteiger partial charge in [0, 0.05) is 64.3 Å². The van der Waals surface area contributed by atoms with Crippen molar-refractivity contribution in [3.8, 4) is 0 Å². The van der Waals surface area contributed by atoms with Crippen LogP contribution in [0.1, 0.15) is 85.5 Å². The van der Waals surface area contributed by atoms with Gasteiger partial charge in [-0.05, 0) is 25.7 Å². The molecule has 0 aromatic heterocycles. The highest BCUT2D eigenvalue weighted by Gasteiger charge is 2.27. The Kier molecular flexibility index (Phi) is 15.4. The van der Waals surface area contributed by atoms with Gasteiger partial charge in [-0.15, -0.1) is 0 Å². The van der Waals surface area contributed by atoms with Gasteiger partial charge in [-0.1, -0.05) is 59.3 Å². The van der Waals surface area contributed by atoms with E-state index in [1.54, 1.807) is 0 Å². The van der Waals surface area contributed by atoms with E-state index in [2.05, 4.69) is 54.3 Å². The minimum absolute atomic E-state index is 0.165. The van der Waals surface area contributed by atoms with Crippen molar-refractivity contribution in [3.05, 3.63) is 0 Å². The van der Waals surface area contributed by atoms with E-state index in [0.717, 1.165) is 77.5 Å². The van der Waals surface area contributed by atoms with Crippen molar-refractivity contribution in [2.45, 2.75) is 96.6 Å². The third kappa shape index (κ3) is 14.4. The Morgan fingerprint density at radius 1 is 0.875 bits per heavy atom. The molecule has 0 unspecified atom stereocenters. The zero-order valence-corrected chi connectivity index (χ0v) is 21.6. The Morgan fingerprint density at radius 2 is 1.44 bits per heavy atom. The number of hydrogen-bond acceptors (Lipinski definition) is 6. The lowest BCUT2D eigenvalue weighted by molar-refractivity contribution is -0.122. The number of hydrogen-bond donors (Lipinski definition) is 6. The van der Waals surface area contributed by atoms with Crippen molar-refractivity contribution < 1.29 is 4.79 Å². The molecule has 7 N–H and O–H groups in total. The van der Waals surface area contributed by atoms with E-state index in [9.17, 15) is 4.79 Å². The highest BCUT2D eigenvalue weighted by Crippen LogP contribution is 2.12. The monoisotopic (exact) mass is 454 g/mol. The van der Waals surface area contributed by atoms with Crippen LogP contribution >= 0.6 is 0 Å². The summed E-state index contributed by atoms with van der Waals surface area (Å²) in [6.45, 7) is 15.5. The van der Waals surface area contributed by atoms with Crippen molar-refractivity contribution in [3.63, 3.8) is 0 Å². The third-order valence-corrected chi connectivity index (χ3v) is 6.35. The Balaban J connectivity index is 2.45. The summed E-state index contributed by atoms with van der Waals surface area (Å²) in [7, 11) is 0. The first-order valence-electron chi connectivity index (χ1n) is 13.2. The van der Waals surface area contributed by atoms with E-state index < -0.39 is 0 Å². The molecule has 0 bridgehead atoms. The Morgan fingerprint density at radius 3 is 1.97 bits per heavy atom. The van der Waals surface area contributed by atoms with Gasteiger partial charge in [0.25, 0.3) is 0 Å². The summed E-state index contributed by atoms with van der Waals surface area (Å²) in [5, 5.41) is 17.4. The molecule has 1 fully saturated rings. The number of nitrogens with two attached hydrogens (primary N) is 1. The van der Waals surface area contributed by atoms with E-state index in [-0.39, 0.29) is 17.0 Å². The molecule has 1 aliphatic heterocycles. The van der Waals surface area contributed by atoms with Crippen LogP contribution < -0.4 is 32.3 Å². The maximum atomic E-state index is 12.6. The van der Waals surface area contributed by atoms with Gasteiger partial charge < -0.3 is 32.3 Å². The standard InChI is InChI=1S/C25H54N6O/c1-5-6-10-13-25(26)20-29-16-14-27-18-24(4,19-28-15-17-30-21-25)31-23(32)12-9-7-8-11-22(2)3/h22,27-30H,5-21,26H2,1-4H3,(H,31,32). The zero-order valence-electron chi connectivity index (χ0n) is 21.6. The minimum atomic E-state index is -0.295. The van der Waals surface area contributed by atoms with Gasteiger partial charge in [0.2, 0.25) is 5.91 Å². The molecule has 32 heavy (non-hydrogen) atoms. The van der Waals surface area contributed by atoms with Gasteiger partial charge in [-0.25, -0.2) is 0 Å². The fourth-order valence-electron chi connectivity index (χ4n) is 4.29. The van der Waals surface area contributed by atoms with Crippen molar-refractivity contribution in [2.75, 3.05) is 52.4 Å². The van der Waals surface area contributed by atoms with Crippen LogP contribution in [0.2, 0.25) is 0 Å². The lowest BCUT2D eigenvalue weighted by atomic mass is 9.93. The molecule has 0 radical (unpaired) electrons. The zero-order chi connectivity index (χ0) is 23.7. The molecule has 0 aromatic rings. The summed E-state index contributed by atoms with van der Waals surface area (Å²) in [4.78, 5) is 12.6. The lowest BCUT2D eigenvalue weighted by Gasteiger charge is -2.33. The molecule has 1 aliphatic rings. The SMILES string of the molecule is CCCCCC1(N)CNCCNCC(C)(NC(=O)CCCCCC(C)C)CNCCNC1. The van der Waals surface area contributed by atoms with Gasteiger partial charge in [0.15, 0.2) is 0 Å². The molecule has 0 aliphatic carbocycles. The normalized spacial score (nSPS) is 26.6. The molecule has 0 spiro atoms. The number of nitrogens with one attached hydrogen (secondary N) is 5. The molecule has 1 heterocycles. The summed E-state index contributed by atoms with van der Waals surface area (Å²) in [5.74, 6) is 0.911. The van der Waals surface area contributed by atoms with Crippen molar-refractivity contribution >= 4 is 5.91 Å². The summed E-state index contributed by atoms with van der Waals surface area (Å²) in [6, 6.07) is 0. The number of rotatable bonds is 11. The highest BCUT2D eigenvalue weighted by molar-refractivity contribution is 5.76. The van der Waals surface area contributed by atoms with Gasteiger partial charge in [0.05, 0.1) is 5.54 Å². The average Bonchev–Trinajstić information content (AvgIpc) is 2.72. The topological polar surface area (TPSA) is 103 Å². The van der Waals surface area contributed by atoms with Gasteiger partial charge in [-0.2, -0.15) is 0 Å². The molecule has 7 heteroatoms. The molecule has 0 atom stereocenters. The second-order valence-electron chi connectivity index (χ2n) is 10.6. The first-order chi connectivity index (χ1) is 15.3. The lowest BCUT2D eigenvalue weighted by Crippen LogP contribution is -2.60. The maximum Gasteiger partial charge on any atom is 0.220 e. The predicted molar refractivity (Wildman–Crippen MR) is 137 cm³/mol. The van der Waals surface area contributed by atoms with Crippen LogP contribution in [-0.4, -0.2) is 69.3 Å². The fourth-order valence-corrected chi connectivity index (χ4v) is 4.29. The van der Waals surface area contributed by atoms with E-state index in [0.29, 0.717) is 6.42 Å². The van der Waals surface area contributed by atoms with Gasteiger partial charge in [0.1, 0.15) is 0 Å². The molecule has 1 saturated heterocycles. The van der Waals surface area contributed by atoms with Crippen LogP contribution in [0.5, 0.6) is 0 Å². The van der Waals surface area contributed by atoms with Crippen LogP contribution in [0.4, 0.5) is 0 Å². The summed E-state index contributed by atoms with van der Waals surface area (Å²) >= 11 is 0. The molecule has 7 nitrogen and oxygen atoms in total. The van der Waals surface area contributed by atoms with E-state index in [1.807, 2.05) is 0 Å². The van der Waals surface area contributed by atoms with Crippen molar-refractivity contribution in [1.29, 1.82) is 0 Å². The number of carbonyl (C=O) groups is 1. The van der Waals surface area contributed by atoms with E-state index in [1.165, 1.54) is 32.1 Å². The van der Waals surface area contributed by atoms with Gasteiger partial charge >= 0.3 is 0 Å². The number of unbranched alkanes of at least 4 members (excludes halogenated alkanes) is 4. The Hall–Kier alpha value is -0.730. The fraction of sp³-hybridized carbons (Fsp3) is 0.960. The molecular formula is C25H54N6O. The first kappa shape index (κ1) is 29.3. The first-order valence-corrected chi connectivity index (χ1v) is 13.2. The van der Waals surface area contributed by atoms with Crippen LogP contribution in [0.3, 0.4) is 0 Å². The molecule has 190 valence electrons. The van der Waals surface area contributed by atoms with Crippen LogP contribution in [0.15, 0.2) is 0 Å². The number of carbonyl (C=O) groups excluding carboxylic acids is 1. The van der Waals surface area contributed by atoms with Crippen molar-refractivity contribution in [2.24, 2.45) is 11.7 Å². The summed E-state index contributed by atoms with van der Waals surface area (Å²) < 4.78 is 0. The molecule has 0 aromatic carbocycles. The van der Waals surface area contributed by atoms with Crippen LogP contribution in [0.25, 0.3) is 0 Å². The Bertz CT molecular complexity index is 469. The second kappa shape index (κ2) is 16.8. The average molecular weight is 455 g/mol. The quantitative estimate of drug-likeness (QED) is 0.267. The summed E-state index contributed by atoms with van der Waals surface area (Å²) in [6.07, 6.45) is 9.88. The Labute approximate surface area is 198 Å². The van der Waals surface area contributed by atoms with Crippen LogP contribution in [0, 0.1) is 5.92 Å². The molecule has 0 saturated carbocycles. The third-order valence-electron chi connectivity index (χ3n) is 6.35. The minimum Gasteiger partial charge on any atom is -0.348 e. The smallest absolute Gasteiger partial charge is 0.220 e. The maximum absolute atomic E-state index is 12.6. The second-order valence-corrected chi connectivity index (χ2v) is 10.6. The summed E-state index contributed by atoms with van der Waals surface area (Å²) in [5.41, 5.74) is 6.22. The predicted octanol–water partition coefficient (Wildman–Crippen LogP) is 2.12. The van der Waals surface area contributed by atoms with Crippen LogP contribution in [-0.2, 0) is 4.79 Å². The molecule has 1 amide bonds. The highest BCUT2D eigenvalue weighted by atomic mass is 16.1. The van der Waals surface area contributed by atoms with E-state index >= 15 is 0 Å². The molecule has 1 rings (SSSR count). The number of amides is 1. The van der Waals surface area contributed by atoms with Gasteiger partial charge in [-0.3, -0.25) is 4.79 Å². The molecular weight excluding hydrogens is 400 g/mol. The largest absolute Gasteiger partial charge is 0.348 e.